The number of aliphatic hydroxyl groups excluding tert-OH is 1. The van der Waals surface area contributed by atoms with Crippen molar-refractivity contribution in [3.8, 4) is 0 Å². The van der Waals surface area contributed by atoms with E-state index in [1.165, 1.54) is 0 Å². The van der Waals surface area contributed by atoms with Crippen molar-refractivity contribution in [2.24, 2.45) is 5.92 Å². The largest absolute Gasteiger partial charge is 0.460 e. The third-order valence-electron chi connectivity index (χ3n) is 11.1. The number of fused-ring (bicyclic) bond motifs is 2. The van der Waals surface area contributed by atoms with Crippen LogP contribution in [-0.4, -0.2) is 90.0 Å². The van der Waals surface area contributed by atoms with Crippen molar-refractivity contribution in [1.29, 1.82) is 0 Å². The lowest BCUT2D eigenvalue weighted by Crippen LogP contribution is -2.44. The van der Waals surface area contributed by atoms with Crippen molar-refractivity contribution < 1.29 is 48.0 Å². The highest BCUT2D eigenvalue weighted by molar-refractivity contribution is 5.94. The first-order valence-corrected chi connectivity index (χ1v) is 21.4. The van der Waals surface area contributed by atoms with Crippen molar-refractivity contribution in [1.82, 2.24) is 10.6 Å². The third-order valence-corrected chi connectivity index (χ3v) is 11.1. The lowest BCUT2D eigenvalue weighted by atomic mass is 9.89. The number of epoxide rings is 1. The summed E-state index contributed by atoms with van der Waals surface area (Å²) in [6.07, 6.45) is 16.2. The highest BCUT2D eigenvalue weighted by atomic mass is 16.8. The summed E-state index contributed by atoms with van der Waals surface area (Å²) in [5, 5.41) is 15.3. The summed E-state index contributed by atoms with van der Waals surface area (Å²) in [5.74, 6) is -2.01. The highest BCUT2D eigenvalue weighted by Gasteiger charge is 2.52. The Kier molecular flexibility index (Phi) is 16.3. The maximum Gasteiger partial charge on any atom is 0.338 e. The van der Waals surface area contributed by atoms with E-state index in [0.29, 0.717) is 42.1 Å². The Morgan fingerprint density at radius 3 is 2.33 bits per heavy atom. The van der Waals surface area contributed by atoms with Gasteiger partial charge in [-0.1, -0.05) is 63.8 Å². The molecule has 0 spiro atoms. The van der Waals surface area contributed by atoms with Crippen LogP contribution < -0.4 is 10.6 Å². The Morgan fingerprint density at radius 2 is 1.68 bits per heavy atom. The van der Waals surface area contributed by atoms with Gasteiger partial charge in [0.05, 0.1) is 30.4 Å². The first kappa shape index (κ1) is 44.5. The SMILES string of the molecule is CCCCCC1(CCCCC)O[C@@H]2[C@@H](C=C(C(=O)NCCC(=O)N[C@H](CO)CCC(=O)OC(C)(C)C)C[C@H]2OC(=O)c2ccc(C=CC3CCC4OC4C3)cc2)O1. The van der Waals surface area contributed by atoms with E-state index in [2.05, 4.69) is 36.6 Å². The van der Waals surface area contributed by atoms with Gasteiger partial charge in [0.15, 0.2) is 5.79 Å². The zero-order chi connectivity index (χ0) is 41.0. The smallest absolute Gasteiger partial charge is 0.338 e. The average Bonchev–Trinajstić information content (AvgIpc) is 3.86. The molecule has 57 heavy (non-hydrogen) atoms. The number of aliphatic hydroxyl groups is 1. The van der Waals surface area contributed by atoms with E-state index < -0.39 is 47.7 Å². The summed E-state index contributed by atoms with van der Waals surface area (Å²) < 4.78 is 30.6. The van der Waals surface area contributed by atoms with E-state index in [9.17, 15) is 24.3 Å². The summed E-state index contributed by atoms with van der Waals surface area (Å²) in [6, 6.07) is 6.73. The second kappa shape index (κ2) is 20.9. The van der Waals surface area contributed by atoms with Gasteiger partial charge in [-0.3, -0.25) is 14.4 Å². The monoisotopic (exact) mass is 794 g/mol. The van der Waals surface area contributed by atoms with Crippen LogP contribution in [0.3, 0.4) is 0 Å². The normalized spacial score (nSPS) is 25.5. The van der Waals surface area contributed by atoms with Gasteiger partial charge < -0.3 is 39.4 Å². The first-order valence-electron chi connectivity index (χ1n) is 21.4. The number of hydrogen-bond acceptors (Lipinski definition) is 10. The molecular weight excluding hydrogens is 728 g/mol. The summed E-state index contributed by atoms with van der Waals surface area (Å²) in [6.45, 7) is 9.34. The molecule has 2 heterocycles. The molecule has 12 heteroatoms. The topological polar surface area (TPSA) is 162 Å². The summed E-state index contributed by atoms with van der Waals surface area (Å²) in [5.41, 5.74) is 1.18. The second-order valence-corrected chi connectivity index (χ2v) is 17.2. The van der Waals surface area contributed by atoms with Gasteiger partial charge in [-0.25, -0.2) is 4.79 Å². The molecule has 5 rings (SSSR count). The molecule has 0 radical (unpaired) electrons. The molecule has 3 unspecified atom stereocenters. The summed E-state index contributed by atoms with van der Waals surface area (Å²) in [4.78, 5) is 52.1. The van der Waals surface area contributed by atoms with Crippen LogP contribution in [0.4, 0.5) is 0 Å². The van der Waals surface area contributed by atoms with E-state index in [4.69, 9.17) is 23.7 Å². The van der Waals surface area contributed by atoms with Crippen LogP contribution in [0.2, 0.25) is 0 Å². The second-order valence-electron chi connectivity index (χ2n) is 17.2. The van der Waals surface area contributed by atoms with Crippen LogP contribution >= 0.6 is 0 Å². The Balaban J connectivity index is 1.21. The van der Waals surface area contributed by atoms with Gasteiger partial charge in [0.2, 0.25) is 11.8 Å². The number of carbonyl (C=O) groups excluding carboxylic acids is 4. The number of amides is 2. The molecule has 2 amide bonds. The number of esters is 2. The number of unbranched alkanes of at least 4 members (excludes halogenated alkanes) is 4. The molecule has 3 N–H and O–H groups in total. The van der Waals surface area contributed by atoms with Gasteiger partial charge in [-0.15, -0.1) is 0 Å². The Bertz CT molecular complexity index is 1560. The fourth-order valence-corrected chi connectivity index (χ4v) is 7.99. The first-order chi connectivity index (χ1) is 27.3. The molecule has 2 aliphatic carbocycles. The van der Waals surface area contributed by atoms with Gasteiger partial charge in [-0.05, 0) is 89.0 Å². The maximum atomic E-state index is 13.7. The quantitative estimate of drug-likeness (QED) is 0.0681. The van der Waals surface area contributed by atoms with Gasteiger partial charge in [0.25, 0.3) is 0 Å². The van der Waals surface area contributed by atoms with E-state index in [1.54, 1.807) is 39.0 Å². The molecule has 2 saturated heterocycles. The Labute approximate surface area is 338 Å². The molecule has 0 aromatic heterocycles. The van der Waals surface area contributed by atoms with Gasteiger partial charge in [0, 0.05) is 44.2 Å². The third kappa shape index (κ3) is 13.8. The van der Waals surface area contributed by atoms with Crippen LogP contribution in [0.1, 0.15) is 147 Å². The molecule has 12 nitrogen and oxygen atoms in total. The van der Waals surface area contributed by atoms with Gasteiger partial charge >= 0.3 is 11.9 Å². The number of carbonyl (C=O) groups is 4. The highest BCUT2D eigenvalue weighted by Crippen LogP contribution is 2.43. The van der Waals surface area contributed by atoms with E-state index in [-0.39, 0.29) is 50.6 Å². The summed E-state index contributed by atoms with van der Waals surface area (Å²) in [7, 11) is 0. The molecule has 1 aromatic carbocycles. The zero-order valence-corrected chi connectivity index (χ0v) is 34.7. The number of nitrogens with one attached hydrogen (secondary N) is 2. The lowest BCUT2D eigenvalue weighted by molar-refractivity contribution is -0.190. The molecule has 4 aliphatic rings. The van der Waals surface area contributed by atoms with Crippen LogP contribution in [0, 0.1) is 5.92 Å². The minimum absolute atomic E-state index is 0.0365. The van der Waals surface area contributed by atoms with Gasteiger partial charge in [0.1, 0.15) is 23.9 Å². The Morgan fingerprint density at radius 1 is 0.965 bits per heavy atom. The molecule has 1 aromatic rings. The molecule has 3 fully saturated rings. The minimum Gasteiger partial charge on any atom is -0.460 e. The van der Waals surface area contributed by atoms with Crippen molar-refractivity contribution in [2.75, 3.05) is 13.2 Å². The van der Waals surface area contributed by atoms with Crippen molar-refractivity contribution >= 4 is 29.8 Å². The van der Waals surface area contributed by atoms with E-state index in [1.807, 2.05) is 12.1 Å². The van der Waals surface area contributed by atoms with Crippen LogP contribution in [-0.2, 0) is 38.1 Å². The molecule has 0 bridgehead atoms. The number of benzene rings is 1. The predicted molar refractivity (Wildman–Crippen MR) is 216 cm³/mol. The number of rotatable bonds is 21. The zero-order valence-electron chi connectivity index (χ0n) is 34.7. The number of ether oxygens (including phenoxy) is 5. The van der Waals surface area contributed by atoms with E-state index in [0.717, 1.165) is 63.4 Å². The minimum atomic E-state index is -0.837. The fraction of sp³-hybridized carbons (Fsp3) is 0.689. The Hall–Kier alpha value is -3.58. The van der Waals surface area contributed by atoms with Crippen LogP contribution in [0.15, 0.2) is 42.0 Å². The van der Waals surface area contributed by atoms with Crippen molar-refractivity contribution in [2.45, 2.75) is 179 Å². The van der Waals surface area contributed by atoms with Crippen LogP contribution in [0.5, 0.6) is 0 Å². The van der Waals surface area contributed by atoms with Crippen molar-refractivity contribution in [3.63, 3.8) is 0 Å². The lowest BCUT2D eigenvalue weighted by Gasteiger charge is -2.31. The average molecular weight is 795 g/mol. The fourth-order valence-electron chi connectivity index (χ4n) is 7.99. The number of hydrogen-bond donors (Lipinski definition) is 3. The molecule has 7 atom stereocenters. The van der Waals surface area contributed by atoms with E-state index >= 15 is 0 Å². The van der Waals surface area contributed by atoms with Crippen molar-refractivity contribution in [3.05, 3.63) is 53.1 Å². The standard InChI is InChI=1S/C45H66N2O10/c1-6-8-10-23-45(24-11-9-7-2)55-38-28-33(42(51)46-25-22-39(49)47-34(29-48)19-21-40(50)56-44(3,4)5)27-37(41(38)57-45)54-43(52)32-17-14-30(15-18-32)12-13-31-16-20-35-36(26-31)53-35/h12-15,17-18,28,31,34-38,41,48H,6-11,16,19-27,29H2,1-5H3,(H,46,51)(H,47,49)/t31?,34-,35?,36?,37+,38+,41-/m0/s1. The molecule has 316 valence electrons. The summed E-state index contributed by atoms with van der Waals surface area (Å²) >= 11 is 0. The molecule has 2 aliphatic heterocycles. The number of allylic oxidation sites excluding steroid dienone is 1. The molecular formula is C45H66N2O10. The van der Waals surface area contributed by atoms with Gasteiger partial charge in [-0.2, -0.15) is 0 Å². The maximum absolute atomic E-state index is 13.7. The molecule has 1 saturated carbocycles. The van der Waals surface area contributed by atoms with Crippen LogP contribution in [0.25, 0.3) is 6.08 Å². The predicted octanol–water partition coefficient (Wildman–Crippen LogP) is 6.87.